The molecule has 0 spiro atoms. The van der Waals surface area contributed by atoms with Gasteiger partial charge in [0.25, 0.3) is 0 Å². The lowest BCUT2D eigenvalue weighted by Gasteiger charge is -2.23. The van der Waals surface area contributed by atoms with Gasteiger partial charge in [-0.15, -0.1) is 0 Å². The topological polar surface area (TPSA) is 17.8 Å². The minimum absolute atomic E-state index is 0. The second-order valence-corrected chi connectivity index (χ2v) is 6.62. The Hall–Kier alpha value is -1.11. The first-order chi connectivity index (χ1) is 9.86. The third-order valence-electron chi connectivity index (χ3n) is 3.74. The molecule has 0 unspecified atom stereocenters. The van der Waals surface area contributed by atoms with Crippen LogP contribution >= 0.6 is 11.6 Å². The highest BCUT2D eigenvalue weighted by Gasteiger charge is 2.16. The van der Waals surface area contributed by atoms with E-state index >= 15 is 0 Å². The number of quaternary nitrogens is 1. The van der Waals surface area contributed by atoms with Crippen molar-refractivity contribution in [2.24, 2.45) is 7.05 Å². The fourth-order valence-electron chi connectivity index (χ4n) is 2.46. The van der Waals surface area contributed by atoms with Gasteiger partial charge in [0, 0.05) is 29.8 Å². The normalized spacial score (nSPS) is 11.5. The highest BCUT2D eigenvalue weighted by molar-refractivity contribution is 6.30. The van der Waals surface area contributed by atoms with E-state index in [0.717, 1.165) is 31.9 Å². The van der Waals surface area contributed by atoms with Gasteiger partial charge in [0.1, 0.15) is 11.5 Å². The standard InChI is InChI=1S/C17H19ClN3.HI/c1-20-16-10-9-14(21(2,3)4)11-15(16)19-17(20)12-5-7-13(18)8-6-12;/h5-11H,1-4H3;1H/q+1;/p-1. The molecule has 0 radical (unpaired) electrons. The van der Waals surface area contributed by atoms with Crippen LogP contribution in [0.15, 0.2) is 42.5 Å². The van der Waals surface area contributed by atoms with E-state index in [1.165, 1.54) is 5.69 Å². The SMILES string of the molecule is Cn1c(-c2ccc(Cl)cc2)nc2cc([N+](C)(C)C)ccc21.[I-]. The van der Waals surface area contributed by atoms with Gasteiger partial charge in [-0.05, 0) is 30.3 Å². The third-order valence-corrected chi connectivity index (χ3v) is 3.99. The maximum Gasteiger partial charge on any atom is 0.140 e. The summed E-state index contributed by atoms with van der Waals surface area (Å²) >= 11 is 5.96. The Bertz CT molecular complexity index is 801. The van der Waals surface area contributed by atoms with E-state index in [-0.39, 0.29) is 24.0 Å². The number of imidazole rings is 1. The van der Waals surface area contributed by atoms with Crippen molar-refractivity contribution in [3.8, 4) is 11.4 Å². The van der Waals surface area contributed by atoms with E-state index in [0.29, 0.717) is 0 Å². The predicted octanol–water partition coefficient (Wildman–Crippen LogP) is 1.09. The monoisotopic (exact) mass is 427 g/mol. The van der Waals surface area contributed by atoms with Gasteiger partial charge in [-0.3, -0.25) is 4.48 Å². The fraction of sp³-hybridized carbons (Fsp3) is 0.235. The van der Waals surface area contributed by atoms with Crippen LogP contribution < -0.4 is 28.5 Å². The van der Waals surface area contributed by atoms with Crippen LogP contribution in [0.2, 0.25) is 5.02 Å². The Kier molecular flexibility index (Phi) is 4.84. The molecule has 0 amide bonds. The summed E-state index contributed by atoms with van der Waals surface area (Å²) in [5.74, 6) is 0.959. The summed E-state index contributed by atoms with van der Waals surface area (Å²) in [7, 11) is 8.52. The molecule has 22 heavy (non-hydrogen) atoms. The number of nitrogens with zero attached hydrogens (tertiary/aromatic N) is 3. The summed E-state index contributed by atoms with van der Waals surface area (Å²) in [5.41, 5.74) is 4.47. The van der Waals surface area contributed by atoms with Gasteiger partial charge in [0.2, 0.25) is 0 Å². The van der Waals surface area contributed by atoms with E-state index in [4.69, 9.17) is 16.6 Å². The first kappa shape index (κ1) is 17.2. The first-order valence-electron chi connectivity index (χ1n) is 6.91. The Morgan fingerprint density at radius 1 is 1.00 bits per heavy atom. The molecule has 0 saturated heterocycles. The number of halogens is 2. The minimum Gasteiger partial charge on any atom is -1.00 e. The molecule has 3 aromatic rings. The zero-order chi connectivity index (χ0) is 15.2. The van der Waals surface area contributed by atoms with Gasteiger partial charge >= 0.3 is 0 Å². The quantitative estimate of drug-likeness (QED) is 0.442. The molecule has 116 valence electrons. The Labute approximate surface area is 153 Å². The van der Waals surface area contributed by atoms with Gasteiger partial charge in [0.15, 0.2) is 0 Å². The molecule has 3 nitrogen and oxygen atoms in total. The summed E-state index contributed by atoms with van der Waals surface area (Å²) in [6.07, 6.45) is 0. The Balaban J connectivity index is 0.00000176. The summed E-state index contributed by atoms with van der Waals surface area (Å²) in [4.78, 5) is 4.80. The van der Waals surface area contributed by atoms with Crippen molar-refractivity contribution in [3.05, 3.63) is 47.5 Å². The summed E-state index contributed by atoms with van der Waals surface area (Å²) in [5, 5.41) is 0.741. The number of rotatable bonds is 2. The molecule has 0 aliphatic heterocycles. The van der Waals surface area contributed by atoms with E-state index in [2.05, 4.69) is 43.9 Å². The molecule has 0 aliphatic carbocycles. The highest BCUT2D eigenvalue weighted by Crippen LogP contribution is 2.28. The van der Waals surface area contributed by atoms with Gasteiger partial charge in [-0.1, -0.05) is 11.6 Å². The molecule has 1 heterocycles. The van der Waals surface area contributed by atoms with Crippen molar-refractivity contribution in [3.63, 3.8) is 0 Å². The minimum atomic E-state index is 0. The maximum absolute atomic E-state index is 5.96. The maximum atomic E-state index is 5.96. The average Bonchev–Trinajstić information content (AvgIpc) is 2.76. The van der Waals surface area contributed by atoms with E-state index in [1.807, 2.05) is 31.3 Å². The largest absolute Gasteiger partial charge is 1.00 e. The average molecular weight is 428 g/mol. The number of aryl methyl sites for hydroxylation is 1. The molecule has 0 N–H and O–H groups in total. The zero-order valence-corrected chi connectivity index (χ0v) is 16.1. The van der Waals surface area contributed by atoms with Gasteiger partial charge in [-0.25, -0.2) is 4.98 Å². The van der Waals surface area contributed by atoms with Crippen molar-refractivity contribution in [1.29, 1.82) is 0 Å². The van der Waals surface area contributed by atoms with Crippen LogP contribution in [-0.4, -0.2) is 30.7 Å². The van der Waals surface area contributed by atoms with E-state index in [1.54, 1.807) is 0 Å². The van der Waals surface area contributed by atoms with Crippen molar-refractivity contribution in [2.75, 3.05) is 21.1 Å². The van der Waals surface area contributed by atoms with Crippen molar-refractivity contribution in [1.82, 2.24) is 14.0 Å². The number of aromatic nitrogens is 2. The molecular formula is C17H19ClIN3. The fourth-order valence-corrected chi connectivity index (χ4v) is 2.59. The lowest BCUT2D eigenvalue weighted by Crippen LogP contribution is -3.00. The summed E-state index contributed by atoms with van der Waals surface area (Å²) in [6.45, 7) is 0. The second-order valence-electron chi connectivity index (χ2n) is 6.19. The van der Waals surface area contributed by atoms with Crippen LogP contribution in [0.4, 0.5) is 5.69 Å². The van der Waals surface area contributed by atoms with Crippen LogP contribution in [-0.2, 0) is 7.05 Å². The van der Waals surface area contributed by atoms with Crippen LogP contribution in [0.25, 0.3) is 22.4 Å². The number of fused-ring (bicyclic) bond motifs is 1. The van der Waals surface area contributed by atoms with Crippen molar-refractivity contribution < 1.29 is 24.0 Å². The number of hydrogen-bond donors (Lipinski definition) is 0. The zero-order valence-electron chi connectivity index (χ0n) is 13.1. The van der Waals surface area contributed by atoms with E-state index in [9.17, 15) is 0 Å². The number of hydrogen-bond acceptors (Lipinski definition) is 1. The molecule has 5 heteroatoms. The van der Waals surface area contributed by atoms with Gasteiger partial charge in [0.05, 0.1) is 32.2 Å². The third kappa shape index (κ3) is 3.14. The van der Waals surface area contributed by atoms with Crippen LogP contribution in [0, 0.1) is 0 Å². The molecule has 0 atom stereocenters. The van der Waals surface area contributed by atoms with Crippen LogP contribution in [0.3, 0.4) is 0 Å². The van der Waals surface area contributed by atoms with E-state index < -0.39 is 0 Å². The smallest absolute Gasteiger partial charge is 0.140 e. The van der Waals surface area contributed by atoms with Crippen molar-refractivity contribution in [2.45, 2.75) is 0 Å². The summed E-state index contributed by atoms with van der Waals surface area (Å²) in [6, 6.07) is 14.3. The molecule has 0 fully saturated rings. The Morgan fingerprint density at radius 2 is 1.64 bits per heavy atom. The van der Waals surface area contributed by atoms with Gasteiger partial charge in [-0.2, -0.15) is 0 Å². The highest BCUT2D eigenvalue weighted by atomic mass is 127. The molecule has 2 aromatic carbocycles. The molecular weight excluding hydrogens is 409 g/mol. The van der Waals surface area contributed by atoms with Crippen molar-refractivity contribution >= 4 is 28.3 Å². The predicted molar refractivity (Wildman–Crippen MR) is 90.7 cm³/mol. The lowest BCUT2D eigenvalue weighted by molar-refractivity contribution is -0.00000449. The van der Waals surface area contributed by atoms with Gasteiger partial charge < -0.3 is 28.5 Å². The summed E-state index contributed by atoms with van der Waals surface area (Å²) < 4.78 is 2.90. The van der Waals surface area contributed by atoms with Crippen LogP contribution in [0.1, 0.15) is 0 Å². The second kappa shape index (κ2) is 6.18. The first-order valence-corrected chi connectivity index (χ1v) is 7.28. The molecule has 1 aromatic heterocycles. The Morgan fingerprint density at radius 3 is 2.23 bits per heavy atom. The molecule has 0 aliphatic rings. The van der Waals surface area contributed by atoms with Crippen LogP contribution in [0.5, 0.6) is 0 Å². The molecule has 0 bridgehead atoms. The molecule has 3 rings (SSSR count). The lowest BCUT2D eigenvalue weighted by atomic mass is 10.2. The number of benzene rings is 2. The molecule has 0 saturated carbocycles.